The summed E-state index contributed by atoms with van der Waals surface area (Å²) in [4.78, 5) is 49.0. The lowest BCUT2D eigenvalue weighted by Gasteiger charge is -2.25. The van der Waals surface area contributed by atoms with E-state index < -0.39 is 54.0 Å². The van der Waals surface area contributed by atoms with Gasteiger partial charge in [0, 0.05) is 6.42 Å². The normalized spacial score (nSPS) is 15.3. The Bertz CT molecular complexity index is 831. The number of unbranched alkanes of at least 4 members (excludes halogenated alkanes) is 1. The summed E-state index contributed by atoms with van der Waals surface area (Å²) in [5.41, 5.74) is 11.8. The van der Waals surface area contributed by atoms with Crippen molar-refractivity contribution in [3.05, 3.63) is 29.8 Å². The van der Waals surface area contributed by atoms with Crippen molar-refractivity contribution < 1.29 is 34.5 Å². The van der Waals surface area contributed by atoms with Crippen LogP contribution in [0, 0.1) is 0 Å². The largest absolute Gasteiger partial charge is 0.508 e. The number of aromatic hydroxyl groups is 1. The molecule has 0 heterocycles. The van der Waals surface area contributed by atoms with E-state index in [0.717, 1.165) is 0 Å². The number of carboxylic acids is 1. The van der Waals surface area contributed by atoms with Gasteiger partial charge in [-0.05, 0) is 50.9 Å². The fourth-order valence-electron chi connectivity index (χ4n) is 3.04. The van der Waals surface area contributed by atoms with Gasteiger partial charge in [-0.25, -0.2) is 4.79 Å². The number of carbonyl (C=O) groups is 4. The zero-order valence-corrected chi connectivity index (χ0v) is 19.4. The Labute approximate surface area is 198 Å². The van der Waals surface area contributed by atoms with Gasteiger partial charge in [0.05, 0.1) is 12.1 Å². The van der Waals surface area contributed by atoms with Gasteiger partial charge in [-0.15, -0.1) is 0 Å². The number of aliphatic hydroxyl groups is 1. The number of carboxylic acid groups (broad SMARTS) is 1. The number of aliphatic carboxylic acids is 1. The van der Waals surface area contributed by atoms with Gasteiger partial charge in [0.2, 0.25) is 17.7 Å². The average Bonchev–Trinajstić information content (AvgIpc) is 2.77. The predicted molar refractivity (Wildman–Crippen MR) is 123 cm³/mol. The van der Waals surface area contributed by atoms with Crippen LogP contribution in [-0.4, -0.2) is 75.8 Å². The summed E-state index contributed by atoms with van der Waals surface area (Å²) in [6.07, 6.45) is 0.328. The molecule has 1 aromatic carbocycles. The summed E-state index contributed by atoms with van der Waals surface area (Å²) in [6.45, 7) is 3.13. The Morgan fingerprint density at radius 1 is 0.941 bits per heavy atom. The number of carbonyl (C=O) groups excluding carboxylic acids is 3. The van der Waals surface area contributed by atoms with Crippen molar-refractivity contribution in [3.63, 3.8) is 0 Å². The van der Waals surface area contributed by atoms with Crippen LogP contribution in [0.1, 0.15) is 38.7 Å². The molecular formula is C22H35N5O7. The second-order valence-electron chi connectivity index (χ2n) is 8.12. The van der Waals surface area contributed by atoms with Gasteiger partial charge < -0.3 is 42.7 Å². The van der Waals surface area contributed by atoms with Crippen LogP contribution in [0.2, 0.25) is 0 Å². The zero-order chi connectivity index (χ0) is 25.8. The fraction of sp³-hybridized carbons (Fsp3) is 0.545. The highest BCUT2D eigenvalue weighted by molar-refractivity contribution is 5.94. The van der Waals surface area contributed by atoms with Gasteiger partial charge in [0.25, 0.3) is 0 Å². The van der Waals surface area contributed by atoms with E-state index in [1.165, 1.54) is 38.1 Å². The fourth-order valence-corrected chi connectivity index (χ4v) is 3.04. The third kappa shape index (κ3) is 9.73. The molecule has 0 saturated heterocycles. The van der Waals surface area contributed by atoms with E-state index in [1.54, 1.807) is 0 Å². The Hall–Kier alpha value is -3.22. The van der Waals surface area contributed by atoms with Crippen LogP contribution in [0.4, 0.5) is 0 Å². The molecule has 34 heavy (non-hydrogen) atoms. The minimum absolute atomic E-state index is 0.00858. The van der Waals surface area contributed by atoms with Crippen LogP contribution < -0.4 is 27.4 Å². The average molecular weight is 482 g/mol. The molecule has 0 spiro atoms. The van der Waals surface area contributed by atoms with Crippen LogP contribution in [-0.2, 0) is 25.6 Å². The zero-order valence-electron chi connectivity index (χ0n) is 19.4. The first-order chi connectivity index (χ1) is 16.0. The maximum absolute atomic E-state index is 12.7. The van der Waals surface area contributed by atoms with Crippen molar-refractivity contribution in [3.8, 4) is 5.75 Å². The standard InChI is InChI=1S/C22H35N5O7/c1-12(25-20(31)16(24)5-3-4-10-23)19(30)27-18(13(2)28)21(32)26-17(22(33)34)11-14-6-8-15(29)9-7-14/h6-9,12-13,16-18,28-29H,3-5,10-11,23-24H2,1-2H3,(H,25,31)(H,26,32)(H,27,30)(H,33,34). The summed E-state index contributed by atoms with van der Waals surface area (Å²) in [7, 11) is 0. The van der Waals surface area contributed by atoms with Gasteiger partial charge in [-0.2, -0.15) is 0 Å². The van der Waals surface area contributed by atoms with Crippen molar-refractivity contribution in [1.29, 1.82) is 0 Å². The Kier molecular flexibility index (Phi) is 12.0. The molecule has 0 bridgehead atoms. The molecule has 1 rings (SSSR count). The number of phenolic OH excluding ortho intramolecular Hbond substituents is 1. The molecule has 0 aliphatic heterocycles. The van der Waals surface area contributed by atoms with Gasteiger partial charge >= 0.3 is 5.97 Å². The molecule has 12 heteroatoms. The highest BCUT2D eigenvalue weighted by atomic mass is 16.4. The number of hydrogen-bond donors (Lipinski definition) is 8. The maximum atomic E-state index is 12.7. The van der Waals surface area contributed by atoms with Gasteiger partial charge in [0.1, 0.15) is 23.9 Å². The van der Waals surface area contributed by atoms with E-state index in [4.69, 9.17) is 11.5 Å². The highest BCUT2D eigenvalue weighted by Gasteiger charge is 2.31. The molecule has 190 valence electrons. The molecule has 1 aromatic rings. The number of rotatable bonds is 14. The van der Waals surface area contributed by atoms with E-state index in [1.807, 2.05) is 0 Å². The summed E-state index contributed by atoms with van der Waals surface area (Å²) in [5, 5.41) is 35.9. The quantitative estimate of drug-likeness (QED) is 0.142. The van der Waals surface area contributed by atoms with Crippen molar-refractivity contribution >= 4 is 23.7 Å². The minimum atomic E-state index is -1.47. The third-order valence-corrected chi connectivity index (χ3v) is 5.11. The molecule has 12 nitrogen and oxygen atoms in total. The molecule has 0 aliphatic rings. The Morgan fingerprint density at radius 2 is 1.56 bits per heavy atom. The molecular weight excluding hydrogens is 446 g/mol. The first-order valence-corrected chi connectivity index (χ1v) is 11.0. The van der Waals surface area contributed by atoms with Gasteiger partial charge in [0.15, 0.2) is 0 Å². The van der Waals surface area contributed by atoms with E-state index in [0.29, 0.717) is 31.4 Å². The number of nitrogens with two attached hydrogens (primary N) is 2. The Balaban J connectivity index is 2.74. The molecule has 0 fully saturated rings. The minimum Gasteiger partial charge on any atom is -0.508 e. The molecule has 0 saturated carbocycles. The van der Waals surface area contributed by atoms with Crippen molar-refractivity contribution in [1.82, 2.24) is 16.0 Å². The molecule has 5 atom stereocenters. The second kappa shape index (κ2) is 14.1. The molecule has 0 radical (unpaired) electrons. The SMILES string of the molecule is CC(NC(=O)C(N)CCCCN)C(=O)NC(C(=O)NC(Cc1ccc(O)cc1)C(=O)O)C(C)O. The highest BCUT2D eigenvalue weighted by Crippen LogP contribution is 2.12. The lowest BCUT2D eigenvalue weighted by atomic mass is 10.0. The number of nitrogens with one attached hydrogen (secondary N) is 3. The van der Waals surface area contributed by atoms with Crippen molar-refractivity contribution in [2.45, 2.75) is 69.8 Å². The molecule has 10 N–H and O–H groups in total. The van der Waals surface area contributed by atoms with E-state index in [-0.39, 0.29) is 12.2 Å². The number of hydrogen-bond acceptors (Lipinski definition) is 8. The van der Waals surface area contributed by atoms with Crippen LogP contribution >= 0.6 is 0 Å². The van der Waals surface area contributed by atoms with Crippen LogP contribution in [0.25, 0.3) is 0 Å². The number of phenols is 1. The summed E-state index contributed by atoms with van der Waals surface area (Å²) in [6, 6.07) is 1.09. The third-order valence-electron chi connectivity index (χ3n) is 5.11. The lowest BCUT2D eigenvalue weighted by molar-refractivity contribution is -0.143. The van der Waals surface area contributed by atoms with E-state index in [9.17, 15) is 34.5 Å². The maximum Gasteiger partial charge on any atom is 0.326 e. The summed E-state index contributed by atoms with van der Waals surface area (Å²) >= 11 is 0. The summed E-state index contributed by atoms with van der Waals surface area (Å²) in [5.74, 6) is -3.52. The Morgan fingerprint density at radius 3 is 2.09 bits per heavy atom. The first-order valence-electron chi connectivity index (χ1n) is 11.0. The van der Waals surface area contributed by atoms with Crippen molar-refractivity contribution in [2.75, 3.05) is 6.54 Å². The number of aliphatic hydroxyl groups excluding tert-OH is 1. The second-order valence-corrected chi connectivity index (χ2v) is 8.12. The van der Waals surface area contributed by atoms with Gasteiger partial charge in [-0.3, -0.25) is 14.4 Å². The first kappa shape index (κ1) is 28.8. The van der Waals surface area contributed by atoms with Crippen LogP contribution in [0.15, 0.2) is 24.3 Å². The van der Waals surface area contributed by atoms with Gasteiger partial charge in [-0.1, -0.05) is 18.6 Å². The van der Waals surface area contributed by atoms with Crippen LogP contribution in [0.3, 0.4) is 0 Å². The molecule has 0 aromatic heterocycles. The lowest BCUT2D eigenvalue weighted by Crippen LogP contribution is -2.59. The van der Waals surface area contributed by atoms with E-state index in [2.05, 4.69) is 16.0 Å². The van der Waals surface area contributed by atoms with Crippen molar-refractivity contribution in [2.24, 2.45) is 11.5 Å². The predicted octanol–water partition coefficient (Wildman–Crippen LogP) is -1.67. The molecule has 5 unspecified atom stereocenters. The number of amides is 3. The number of benzene rings is 1. The smallest absolute Gasteiger partial charge is 0.326 e. The topological polar surface area (TPSA) is 217 Å². The molecule has 3 amide bonds. The summed E-state index contributed by atoms with van der Waals surface area (Å²) < 4.78 is 0. The molecule has 0 aliphatic carbocycles. The van der Waals surface area contributed by atoms with E-state index >= 15 is 0 Å². The monoisotopic (exact) mass is 481 g/mol. The van der Waals surface area contributed by atoms with Crippen LogP contribution in [0.5, 0.6) is 5.75 Å².